The lowest BCUT2D eigenvalue weighted by molar-refractivity contribution is 0.102. The van der Waals surface area contributed by atoms with Crippen LogP contribution >= 0.6 is 0 Å². The number of anilines is 3. The van der Waals surface area contributed by atoms with E-state index in [0.717, 1.165) is 49.6 Å². The van der Waals surface area contributed by atoms with Crippen LogP contribution in [0.15, 0.2) is 48.9 Å². The number of nitrogens with two attached hydrogens (primary N) is 1. The Hall–Kier alpha value is -3.76. The summed E-state index contributed by atoms with van der Waals surface area (Å²) in [6.07, 6.45) is 6.06. The fraction of sp³-hybridized carbons (Fsp3) is 0.333. The molecule has 176 valence electrons. The van der Waals surface area contributed by atoms with Crippen molar-refractivity contribution < 1.29 is 14.3 Å². The molecule has 2 aromatic heterocycles. The fourth-order valence-corrected chi connectivity index (χ4v) is 4.08. The highest BCUT2D eigenvalue weighted by Gasteiger charge is 2.20. The number of rotatable bonds is 6. The molecule has 5 rings (SSSR count). The lowest BCUT2D eigenvalue weighted by Crippen LogP contribution is -2.36. The Labute approximate surface area is 197 Å². The van der Waals surface area contributed by atoms with Gasteiger partial charge in [0.05, 0.1) is 42.7 Å². The number of hydrogen-bond acceptors (Lipinski definition) is 9. The van der Waals surface area contributed by atoms with Crippen molar-refractivity contribution in [2.45, 2.75) is 12.5 Å². The Morgan fingerprint density at radius 2 is 2.00 bits per heavy atom. The highest BCUT2D eigenvalue weighted by atomic mass is 16.5. The van der Waals surface area contributed by atoms with Gasteiger partial charge in [-0.15, -0.1) is 0 Å². The van der Waals surface area contributed by atoms with E-state index in [9.17, 15) is 4.79 Å². The summed E-state index contributed by atoms with van der Waals surface area (Å²) in [5.41, 5.74) is 8.90. The Kier molecular flexibility index (Phi) is 6.50. The van der Waals surface area contributed by atoms with Crippen molar-refractivity contribution in [2.24, 2.45) is 0 Å². The highest BCUT2D eigenvalue weighted by Crippen LogP contribution is 2.27. The van der Waals surface area contributed by atoms with Crippen molar-refractivity contribution in [2.75, 3.05) is 55.3 Å². The van der Waals surface area contributed by atoms with E-state index >= 15 is 0 Å². The minimum atomic E-state index is -0.442. The molecule has 34 heavy (non-hydrogen) atoms. The van der Waals surface area contributed by atoms with Crippen LogP contribution in [0.25, 0.3) is 11.3 Å². The van der Waals surface area contributed by atoms with Gasteiger partial charge in [-0.3, -0.25) is 9.78 Å². The largest absolute Gasteiger partial charge is 0.489 e. The van der Waals surface area contributed by atoms with Crippen molar-refractivity contribution >= 4 is 23.1 Å². The number of nitrogen functional groups attached to an aromatic ring is 1. The summed E-state index contributed by atoms with van der Waals surface area (Å²) < 4.78 is 11.4. The number of morpholine rings is 1. The van der Waals surface area contributed by atoms with Gasteiger partial charge in [0.25, 0.3) is 5.91 Å². The van der Waals surface area contributed by atoms with Gasteiger partial charge in [-0.25, -0.2) is 9.97 Å². The first-order valence-electron chi connectivity index (χ1n) is 11.4. The molecule has 0 radical (unpaired) electrons. The summed E-state index contributed by atoms with van der Waals surface area (Å²) >= 11 is 0. The van der Waals surface area contributed by atoms with Crippen LogP contribution in [0.4, 0.5) is 17.2 Å². The maximum atomic E-state index is 13.1. The first-order valence-corrected chi connectivity index (χ1v) is 11.4. The third-order valence-electron chi connectivity index (χ3n) is 5.88. The number of carbonyl (C=O) groups excluding carboxylic acids is 1. The molecular weight excluding hydrogens is 434 g/mol. The molecule has 1 aromatic carbocycles. The second-order valence-electron chi connectivity index (χ2n) is 8.19. The number of ether oxygens (including phenoxy) is 2. The number of aromatic nitrogens is 3. The van der Waals surface area contributed by atoms with Crippen molar-refractivity contribution in [3.63, 3.8) is 0 Å². The molecule has 2 saturated heterocycles. The van der Waals surface area contributed by atoms with Gasteiger partial charge in [0.2, 0.25) is 0 Å². The van der Waals surface area contributed by atoms with Gasteiger partial charge >= 0.3 is 0 Å². The molecule has 0 saturated carbocycles. The van der Waals surface area contributed by atoms with E-state index < -0.39 is 5.91 Å². The lowest BCUT2D eigenvalue weighted by Gasteiger charge is -2.30. The third-order valence-corrected chi connectivity index (χ3v) is 5.88. The van der Waals surface area contributed by atoms with E-state index in [1.165, 1.54) is 0 Å². The molecule has 3 aromatic rings. The first-order chi connectivity index (χ1) is 16.7. The average Bonchev–Trinajstić information content (AvgIpc) is 3.39. The zero-order chi connectivity index (χ0) is 23.3. The van der Waals surface area contributed by atoms with E-state index in [1.54, 1.807) is 18.6 Å². The second-order valence-corrected chi connectivity index (χ2v) is 8.19. The molecule has 10 nitrogen and oxygen atoms in total. The molecular formula is C24H27N7O3. The molecule has 2 aliphatic heterocycles. The molecule has 0 aliphatic carbocycles. The molecule has 2 fully saturated rings. The van der Waals surface area contributed by atoms with E-state index in [2.05, 4.69) is 30.5 Å². The zero-order valence-corrected chi connectivity index (χ0v) is 18.7. The van der Waals surface area contributed by atoms with Crippen LogP contribution in [0.5, 0.6) is 5.75 Å². The van der Waals surface area contributed by atoms with Crippen LogP contribution in [0.3, 0.4) is 0 Å². The molecule has 0 bridgehead atoms. The minimum absolute atomic E-state index is 0.0617. The van der Waals surface area contributed by atoms with Gasteiger partial charge < -0.3 is 30.7 Å². The monoisotopic (exact) mass is 461 g/mol. The van der Waals surface area contributed by atoms with Gasteiger partial charge in [0.1, 0.15) is 11.9 Å². The Balaban J connectivity index is 1.33. The number of pyridine rings is 1. The summed E-state index contributed by atoms with van der Waals surface area (Å²) in [5.74, 6) is 0.417. The van der Waals surface area contributed by atoms with Gasteiger partial charge in [-0.05, 0) is 43.3 Å². The average molecular weight is 462 g/mol. The van der Waals surface area contributed by atoms with Crippen molar-refractivity contribution in [3.05, 3.63) is 54.6 Å². The molecule has 4 heterocycles. The van der Waals surface area contributed by atoms with Crippen LogP contribution in [0.2, 0.25) is 0 Å². The van der Waals surface area contributed by atoms with E-state index in [-0.39, 0.29) is 17.6 Å². The van der Waals surface area contributed by atoms with Gasteiger partial charge in [-0.2, -0.15) is 0 Å². The molecule has 4 N–H and O–H groups in total. The summed E-state index contributed by atoms with van der Waals surface area (Å²) in [6, 6.07) is 9.47. The van der Waals surface area contributed by atoms with Crippen LogP contribution in [-0.2, 0) is 4.74 Å². The van der Waals surface area contributed by atoms with Crippen molar-refractivity contribution in [3.8, 4) is 17.0 Å². The quantitative estimate of drug-likeness (QED) is 0.505. The Morgan fingerprint density at radius 3 is 2.76 bits per heavy atom. The van der Waals surface area contributed by atoms with E-state index in [4.69, 9.17) is 15.2 Å². The number of nitrogens with one attached hydrogen (secondary N) is 2. The smallest absolute Gasteiger partial charge is 0.278 e. The summed E-state index contributed by atoms with van der Waals surface area (Å²) in [6.45, 7) is 4.58. The van der Waals surface area contributed by atoms with Gasteiger partial charge in [-0.1, -0.05) is 0 Å². The Bertz CT molecular complexity index is 1140. The van der Waals surface area contributed by atoms with E-state index in [0.29, 0.717) is 24.6 Å². The predicted octanol–water partition coefficient (Wildman–Crippen LogP) is 1.95. The van der Waals surface area contributed by atoms with Gasteiger partial charge in [0.15, 0.2) is 11.5 Å². The maximum Gasteiger partial charge on any atom is 0.278 e. The van der Waals surface area contributed by atoms with E-state index in [1.807, 2.05) is 30.3 Å². The van der Waals surface area contributed by atoms with Crippen molar-refractivity contribution in [1.29, 1.82) is 0 Å². The molecule has 0 spiro atoms. The highest BCUT2D eigenvalue weighted by molar-refractivity contribution is 6.07. The topological polar surface area (TPSA) is 128 Å². The van der Waals surface area contributed by atoms with Gasteiger partial charge in [0, 0.05) is 31.4 Å². The minimum Gasteiger partial charge on any atom is -0.489 e. The lowest BCUT2D eigenvalue weighted by atomic mass is 10.1. The second kappa shape index (κ2) is 10.0. The number of nitrogens with zero attached hydrogens (tertiary/aromatic N) is 4. The molecule has 1 amide bonds. The van der Waals surface area contributed by atoms with Crippen LogP contribution < -0.4 is 26.0 Å². The third kappa shape index (κ3) is 4.92. The summed E-state index contributed by atoms with van der Waals surface area (Å²) in [7, 11) is 0. The predicted molar refractivity (Wildman–Crippen MR) is 129 cm³/mol. The zero-order valence-electron chi connectivity index (χ0n) is 18.7. The number of hydrogen-bond donors (Lipinski definition) is 3. The molecule has 10 heteroatoms. The molecule has 2 aliphatic rings. The Morgan fingerprint density at radius 1 is 1.18 bits per heavy atom. The normalized spacial score (nSPS) is 18.0. The van der Waals surface area contributed by atoms with Crippen LogP contribution in [0.1, 0.15) is 16.9 Å². The molecule has 0 unspecified atom stereocenters. The van der Waals surface area contributed by atoms with Crippen LogP contribution in [-0.4, -0.2) is 66.4 Å². The summed E-state index contributed by atoms with van der Waals surface area (Å²) in [5, 5.41) is 6.19. The number of benzene rings is 1. The summed E-state index contributed by atoms with van der Waals surface area (Å²) in [4.78, 5) is 28.1. The van der Waals surface area contributed by atoms with Crippen LogP contribution in [0, 0.1) is 0 Å². The maximum absolute atomic E-state index is 13.1. The SMILES string of the molecule is Nc1ncc(-c2ccc(O[C@@H]3CCNC3)cc2)nc1C(=O)Nc1cnccc1N1CCOCC1. The standard InChI is InChI=1S/C24H27N7O3/c25-23-22(24(32)30-20-14-27-8-6-21(20)31-9-11-33-12-10-31)29-19(15-28-23)16-1-3-17(4-2-16)34-18-5-7-26-13-18/h1-4,6,8,14-15,18,26H,5,7,9-13H2,(H2,25,28)(H,30,32)/t18-/m1/s1. The fourth-order valence-electron chi connectivity index (χ4n) is 4.08. The molecule has 1 atom stereocenters. The van der Waals surface area contributed by atoms with Crippen molar-refractivity contribution in [1.82, 2.24) is 20.3 Å². The number of carbonyl (C=O) groups is 1. The number of amides is 1. The first kappa shape index (κ1) is 22.1.